The van der Waals surface area contributed by atoms with Crippen molar-refractivity contribution < 1.29 is 0 Å². The molecule has 0 atom stereocenters. The van der Waals surface area contributed by atoms with E-state index in [1.807, 2.05) is 18.2 Å². The zero-order valence-corrected chi connectivity index (χ0v) is 11.6. The van der Waals surface area contributed by atoms with Gasteiger partial charge in [-0.15, -0.1) is 0 Å². The Hall–Kier alpha value is -0.440. The molecule has 1 aromatic rings. The Bertz CT molecular complexity index is 374. The molecule has 1 aliphatic heterocycles. The Morgan fingerprint density at radius 2 is 2.00 bits per heavy atom. The minimum Gasteiger partial charge on any atom is -0.384 e. The van der Waals surface area contributed by atoms with E-state index in [4.69, 9.17) is 23.2 Å². The smallest absolute Gasteiger partial charge is 0.0823 e. The summed E-state index contributed by atoms with van der Waals surface area (Å²) < 4.78 is 0. The lowest BCUT2D eigenvalue weighted by Gasteiger charge is -2.29. The van der Waals surface area contributed by atoms with Crippen LogP contribution in [0.25, 0.3) is 0 Å². The third kappa shape index (κ3) is 3.51. The highest BCUT2D eigenvalue weighted by molar-refractivity contribution is 6.43. The number of piperidine rings is 1. The van der Waals surface area contributed by atoms with Gasteiger partial charge in [0.1, 0.15) is 0 Å². The summed E-state index contributed by atoms with van der Waals surface area (Å²) in [6.07, 6.45) is 2.50. The van der Waals surface area contributed by atoms with Crippen LogP contribution in [0.1, 0.15) is 12.8 Å². The molecule has 1 heterocycles. The third-order valence-electron chi connectivity index (χ3n) is 3.37. The van der Waals surface area contributed by atoms with Crippen LogP contribution in [-0.2, 0) is 0 Å². The van der Waals surface area contributed by atoms with Crippen LogP contribution >= 0.6 is 23.2 Å². The third-order valence-corrected chi connectivity index (χ3v) is 4.19. The second-order valence-corrected chi connectivity index (χ2v) is 5.51. The summed E-state index contributed by atoms with van der Waals surface area (Å²) in [5.41, 5.74) is 0.943. The van der Waals surface area contributed by atoms with Crippen LogP contribution in [0, 0.1) is 5.92 Å². The Labute approximate surface area is 113 Å². The van der Waals surface area contributed by atoms with E-state index >= 15 is 0 Å². The summed E-state index contributed by atoms with van der Waals surface area (Å²) in [5.74, 6) is 0.737. The molecule has 0 bridgehead atoms. The molecule has 1 aromatic carbocycles. The van der Waals surface area contributed by atoms with Gasteiger partial charge >= 0.3 is 0 Å². The van der Waals surface area contributed by atoms with Gasteiger partial charge in [-0.1, -0.05) is 29.3 Å². The summed E-state index contributed by atoms with van der Waals surface area (Å²) in [5, 5.41) is 4.64. The Morgan fingerprint density at radius 3 is 2.71 bits per heavy atom. The lowest BCUT2D eigenvalue weighted by atomic mass is 9.97. The second-order valence-electron chi connectivity index (χ2n) is 4.73. The molecule has 1 saturated heterocycles. The van der Waals surface area contributed by atoms with Crippen molar-refractivity contribution in [3.63, 3.8) is 0 Å². The fraction of sp³-hybridized carbons (Fsp3) is 0.538. The predicted molar refractivity (Wildman–Crippen MR) is 75.2 cm³/mol. The van der Waals surface area contributed by atoms with E-state index in [9.17, 15) is 0 Å². The molecule has 0 spiro atoms. The normalized spacial score (nSPS) is 18.3. The topological polar surface area (TPSA) is 15.3 Å². The first-order valence-electron chi connectivity index (χ1n) is 6.03. The molecule has 0 aliphatic carbocycles. The first-order chi connectivity index (χ1) is 8.16. The van der Waals surface area contributed by atoms with Gasteiger partial charge < -0.3 is 10.2 Å². The number of halogens is 2. The van der Waals surface area contributed by atoms with E-state index < -0.39 is 0 Å². The number of nitrogens with zero attached hydrogens (tertiary/aromatic N) is 1. The largest absolute Gasteiger partial charge is 0.384 e. The molecule has 2 rings (SSSR count). The summed E-state index contributed by atoms with van der Waals surface area (Å²) in [4.78, 5) is 2.38. The average Bonchev–Trinajstić information content (AvgIpc) is 2.33. The van der Waals surface area contributed by atoms with Crippen LogP contribution in [0.3, 0.4) is 0 Å². The van der Waals surface area contributed by atoms with E-state index in [1.54, 1.807) is 0 Å². The van der Waals surface area contributed by atoms with Crippen molar-refractivity contribution in [2.45, 2.75) is 12.8 Å². The molecular weight excluding hydrogens is 255 g/mol. The Kier molecular flexibility index (Phi) is 4.55. The van der Waals surface area contributed by atoms with E-state index in [0.717, 1.165) is 18.2 Å². The van der Waals surface area contributed by atoms with Gasteiger partial charge in [-0.3, -0.25) is 0 Å². The summed E-state index contributed by atoms with van der Waals surface area (Å²) >= 11 is 12.1. The molecule has 0 radical (unpaired) electrons. The summed E-state index contributed by atoms with van der Waals surface area (Å²) in [6.45, 7) is 3.36. The van der Waals surface area contributed by atoms with Gasteiger partial charge in [-0.05, 0) is 51.0 Å². The van der Waals surface area contributed by atoms with Crippen molar-refractivity contribution in [1.29, 1.82) is 0 Å². The molecule has 1 N–H and O–H groups in total. The average molecular weight is 273 g/mol. The van der Waals surface area contributed by atoms with Crippen LogP contribution in [0.15, 0.2) is 18.2 Å². The van der Waals surface area contributed by atoms with Crippen molar-refractivity contribution in [3.8, 4) is 0 Å². The fourth-order valence-corrected chi connectivity index (χ4v) is 2.53. The molecule has 0 saturated carbocycles. The molecule has 0 aromatic heterocycles. The monoisotopic (exact) mass is 272 g/mol. The van der Waals surface area contributed by atoms with Crippen LogP contribution in [0.5, 0.6) is 0 Å². The number of likely N-dealkylation sites (tertiary alicyclic amines) is 1. The SMILES string of the molecule is CN1CCC(CNc2cccc(Cl)c2Cl)CC1. The van der Waals surface area contributed by atoms with E-state index in [-0.39, 0.29) is 0 Å². The first kappa shape index (κ1) is 13.0. The molecule has 1 aliphatic rings. The number of benzene rings is 1. The van der Waals surface area contributed by atoms with Crippen LogP contribution in [0.2, 0.25) is 10.0 Å². The Balaban J connectivity index is 1.87. The van der Waals surface area contributed by atoms with Crippen LogP contribution in [0.4, 0.5) is 5.69 Å². The minimum absolute atomic E-state index is 0.611. The number of anilines is 1. The lowest BCUT2D eigenvalue weighted by Crippen LogP contribution is -2.32. The van der Waals surface area contributed by atoms with Crippen molar-refractivity contribution >= 4 is 28.9 Å². The standard InChI is InChI=1S/C13H18Cl2N2/c1-17-7-5-10(6-8-17)9-16-12-4-2-3-11(14)13(12)15/h2-4,10,16H,5-9H2,1H3. The molecule has 4 heteroatoms. The molecule has 0 amide bonds. The van der Waals surface area contributed by atoms with Crippen LogP contribution in [-0.4, -0.2) is 31.6 Å². The summed E-state index contributed by atoms with van der Waals surface area (Å²) in [7, 11) is 2.18. The number of hydrogen-bond donors (Lipinski definition) is 1. The van der Waals surface area contributed by atoms with Crippen molar-refractivity contribution in [2.24, 2.45) is 5.92 Å². The Morgan fingerprint density at radius 1 is 1.29 bits per heavy atom. The maximum Gasteiger partial charge on any atom is 0.0823 e. The fourth-order valence-electron chi connectivity index (χ4n) is 2.16. The van der Waals surface area contributed by atoms with Crippen LogP contribution < -0.4 is 5.32 Å². The van der Waals surface area contributed by atoms with Gasteiger partial charge in [0.15, 0.2) is 0 Å². The highest BCUT2D eigenvalue weighted by Crippen LogP contribution is 2.30. The first-order valence-corrected chi connectivity index (χ1v) is 6.79. The predicted octanol–water partition coefficient (Wildman–Crippen LogP) is 3.75. The van der Waals surface area contributed by atoms with Gasteiger partial charge in [0.2, 0.25) is 0 Å². The zero-order valence-electron chi connectivity index (χ0n) is 10.0. The van der Waals surface area contributed by atoms with Gasteiger partial charge in [0.25, 0.3) is 0 Å². The highest BCUT2D eigenvalue weighted by Gasteiger charge is 2.16. The zero-order chi connectivity index (χ0) is 12.3. The number of nitrogens with one attached hydrogen (secondary N) is 1. The molecule has 94 valence electrons. The number of hydrogen-bond acceptors (Lipinski definition) is 2. The van der Waals surface area contributed by atoms with Crippen molar-refractivity contribution in [3.05, 3.63) is 28.2 Å². The molecule has 2 nitrogen and oxygen atoms in total. The quantitative estimate of drug-likeness (QED) is 0.902. The minimum atomic E-state index is 0.611. The van der Waals surface area contributed by atoms with E-state index in [0.29, 0.717) is 10.0 Å². The highest BCUT2D eigenvalue weighted by atomic mass is 35.5. The second kappa shape index (κ2) is 5.94. The molecular formula is C13H18Cl2N2. The summed E-state index contributed by atoms with van der Waals surface area (Å²) in [6, 6.07) is 5.71. The maximum atomic E-state index is 6.13. The molecule has 1 fully saturated rings. The van der Waals surface area contributed by atoms with Crippen molar-refractivity contribution in [1.82, 2.24) is 4.90 Å². The van der Waals surface area contributed by atoms with Gasteiger partial charge in [0, 0.05) is 6.54 Å². The maximum absolute atomic E-state index is 6.13. The van der Waals surface area contributed by atoms with E-state index in [1.165, 1.54) is 25.9 Å². The van der Waals surface area contributed by atoms with E-state index in [2.05, 4.69) is 17.3 Å². The molecule has 17 heavy (non-hydrogen) atoms. The van der Waals surface area contributed by atoms with Crippen molar-refractivity contribution in [2.75, 3.05) is 32.0 Å². The van der Waals surface area contributed by atoms with Gasteiger partial charge in [-0.2, -0.15) is 0 Å². The van der Waals surface area contributed by atoms with Gasteiger partial charge in [0.05, 0.1) is 15.7 Å². The van der Waals surface area contributed by atoms with Gasteiger partial charge in [-0.25, -0.2) is 0 Å². The number of rotatable bonds is 3. The lowest BCUT2D eigenvalue weighted by molar-refractivity contribution is 0.226. The molecule has 0 unspecified atom stereocenters.